The van der Waals surface area contributed by atoms with E-state index in [0.29, 0.717) is 0 Å². The number of rotatable bonds is 1. The summed E-state index contributed by atoms with van der Waals surface area (Å²) in [6, 6.07) is 0. The molecule has 0 amide bonds. The van der Waals surface area contributed by atoms with Crippen LogP contribution in [-0.4, -0.2) is 5.54 Å². The van der Waals surface area contributed by atoms with Crippen LogP contribution in [0.5, 0.6) is 0 Å². The third-order valence-corrected chi connectivity index (χ3v) is 3.57. The van der Waals surface area contributed by atoms with Crippen molar-refractivity contribution in [2.75, 3.05) is 0 Å². The first kappa shape index (κ1) is 7.60. The molecule has 0 aromatic carbocycles. The maximum absolute atomic E-state index is 6.04. The summed E-state index contributed by atoms with van der Waals surface area (Å²) in [5.74, 6) is 1.86. The van der Waals surface area contributed by atoms with Crippen LogP contribution < -0.4 is 5.73 Å². The zero-order chi connectivity index (χ0) is 7.90. The Labute approximate surface area is 69.4 Å². The van der Waals surface area contributed by atoms with Crippen LogP contribution in [0.25, 0.3) is 0 Å². The second kappa shape index (κ2) is 2.48. The van der Waals surface area contributed by atoms with Gasteiger partial charge in [0.1, 0.15) is 0 Å². The fraction of sp³-hybridized carbons (Fsp3) is 1.00. The predicted molar refractivity (Wildman–Crippen MR) is 47.3 cm³/mol. The van der Waals surface area contributed by atoms with E-state index in [1.807, 2.05) is 0 Å². The van der Waals surface area contributed by atoms with Crippen molar-refractivity contribution < 1.29 is 0 Å². The highest BCUT2D eigenvalue weighted by molar-refractivity contribution is 5.07. The Kier molecular flexibility index (Phi) is 1.71. The van der Waals surface area contributed by atoms with Crippen LogP contribution >= 0.6 is 0 Å². The molecule has 2 fully saturated rings. The van der Waals surface area contributed by atoms with Gasteiger partial charge < -0.3 is 5.73 Å². The van der Waals surface area contributed by atoms with Crippen LogP contribution in [0.4, 0.5) is 0 Å². The molecule has 0 aromatic rings. The van der Waals surface area contributed by atoms with Gasteiger partial charge in [0.25, 0.3) is 0 Å². The summed E-state index contributed by atoms with van der Waals surface area (Å²) >= 11 is 0. The summed E-state index contributed by atoms with van der Waals surface area (Å²) in [6.07, 6.45) is 8.57. The van der Waals surface area contributed by atoms with Gasteiger partial charge in [-0.3, -0.25) is 0 Å². The van der Waals surface area contributed by atoms with Gasteiger partial charge in [-0.2, -0.15) is 0 Å². The Morgan fingerprint density at radius 1 is 1.18 bits per heavy atom. The molecule has 2 aliphatic rings. The van der Waals surface area contributed by atoms with Crippen LogP contribution in [0.3, 0.4) is 0 Å². The average Bonchev–Trinajstić information content (AvgIpc) is 2.62. The van der Waals surface area contributed by atoms with Crippen molar-refractivity contribution in [3.05, 3.63) is 0 Å². The summed E-state index contributed by atoms with van der Waals surface area (Å²) < 4.78 is 0. The Bertz CT molecular complexity index is 145. The fourth-order valence-electron chi connectivity index (χ4n) is 2.66. The van der Waals surface area contributed by atoms with Gasteiger partial charge in [-0.15, -0.1) is 0 Å². The Morgan fingerprint density at radius 3 is 2.18 bits per heavy atom. The lowest BCUT2D eigenvalue weighted by molar-refractivity contribution is 0.305. The molecular weight excluding hydrogens is 134 g/mol. The molecule has 2 atom stereocenters. The summed E-state index contributed by atoms with van der Waals surface area (Å²) in [7, 11) is 0. The standard InChI is InChI=1S/C10H19N/c1-10(11)7-9(10)8-5-3-2-4-6-8/h8-9H,2-7,11H2,1H3. The largest absolute Gasteiger partial charge is 0.325 e. The fourth-order valence-corrected chi connectivity index (χ4v) is 2.66. The molecule has 2 unspecified atom stereocenters. The summed E-state index contributed by atoms with van der Waals surface area (Å²) in [6.45, 7) is 2.21. The highest BCUT2D eigenvalue weighted by Crippen LogP contribution is 2.50. The molecule has 2 rings (SSSR count). The molecule has 0 spiro atoms. The second-order valence-corrected chi connectivity index (χ2v) is 4.71. The van der Waals surface area contributed by atoms with E-state index in [9.17, 15) is 0 Å². The van der Waals surface area contributed by atoms with Gasteiger partial charge in [-0.05, 0) is 25.2 Å². The van der Waals surface area contributed by atoms with E-state index in [2.05, 4.69) is 6.92 Å². The van der Waals surface area contributed by atoms with Gasteiger partial charge in [0.2, 0.25) is 0 Å². The zero-order valence-corrected chi connectivity index (χ0v) is 7.47. The molecule has 1 nitrogen and oxygen atoms in total. The molecule has 0 heterocycles. The van der Waals surface area contributed by atoms with Crippen molar-refractivity contribution in [2.45, 2.75) is 51.0 Å². The van der Waals surface area contributed by atoms with Crippen LogP contribution in [0.1, 0.15) is 45.4 Å². The first-order chi connectivity index (χ1) is 5.20. The Hall–Kier alpha value is -0.0400. The number of hydrogen-bond donors (Lipinski definition) is 1. The lowest BCUT2D eigenvalue weighted by Gasteiger charge is -2.22. The van der Waals surface area contributed by atoms with E-state index < -0.39 is 0 Å². The lowest BCUT2D eigenvalue weighted by atomic mass is 9.84. The van der Waals surface area contributed by atoms with Gasteiger partial charge >= 0.3 is 0 Å². The van der Waals surface area contributed by atoms with Crippen LogP contribution in [0.15, 0.2) is 0 Å². The minimum Gasteiger partial charge on any atom is -0.325 e. The molecule has 0 aromatic heterocycles. The molecule has 0 saturated heterocycles. The highest BCUT2D eigenvalue weighted by atomic mass is 14.8. The average molecular weight is 153 g/mol. The van der Waals surface area contributed by atoms with Crippen molar-refractivity contribution in [3.8, 4) is 0 Å². The summed E-state index contributed by atoms with van der Waals surface area (Å²) in [4.78, 5) is 0. The van der Waals surface area contributed by atoms with E-state index in [4.69, 9.17) is 5.73 Å². The van der Waals surface area contributed by atoms with Gasteiger partial charge in [0.15, 0.2) is 0 Å². The van der Waals surface area contributed by atoms with Crippen LogP contribution in [-0.2, 0) is 0 Å². The van der Waals surface area contributed by atoms with Gasteiger partial charge in [-0.25, -0.2) is 0 Å². The normalized spacial score (nSPS) is 45.8. The van der Waals surface area contributed by atoms with Crippen LogP contribution in [0, 0.1) is 11.8 Å². The third kappa shape index (κ3) is 1.44. The first-order valence-corrected chi connectivity index (χ1v) is 4.99. The first-order valence-electron chi connectivity index (χ1n) is 4.99. The zero-order valence-electron chi connectivity index (χ0n) is 7.47. The topological polar surface area (TPSA) is 26.0 Å². The smallest absolute Gasteiger partial charge is 0.0161 e. The van der Waals surface area contributed by atoms with E-state index in [0.717, 1.165) is 11.8 Å². The maximum atomic E-state index is 6.04. The molecular formula is C10H19N. The maximum Gasteiger partial charge on any atom is 0.0161 e. The molecule has 64 valence electrons. The van der Waals surface area contributed by atoms with Gasteiger partial charge in [0.05, 0.1) is 0 Å². The highest BCUT2D eigenvalue weighted by Gasteiger charge is 2.50. The second-order valence-electron chi connectivity index (χ2n) is 4.71. The predicted octanol–water partition coefficient (Wildman–Crippen LogP) is 2.30. The molecule has 11 heavy (non-hydrogen) atoms. The SMILES string of the molecule is CC1(N)CC1C1CCCCC1. The van der Waals surface area contributed by atoms with E-state index >= 15 is 0 Å². The minimum atomic E-state index is 0.224. The van der Waals surface area contributed by atoms with E-state index in [1.165, 1.54) is 38.5 Å². The van der Waals surface area contributed by atoms with E-state index in [-0.39, 0.29) is 5.54 Å². The van der Waals surface area contributed by atoms with Gasteiger partial charge in [-0.1, -0.05) is 32.1 Å². The molecule has 2 N–H and O–H groups in total. The Balaban J connectivity index is 1.86. The summed E-state index contributed by atoms with van der Waals surface area (Å²) in [5.41, 5.74) is 6.26. The summed E-state index contributed by atoms with van der Waals surface area (Å²) in [5, 5.41) is 0. The van der Waals surface area contributed by atoms with Crippen molar-refractivity contribution in [3.63, 3.8) is 0 Å². The number of nitrogens with two attached hydrogens (primary N) is 1. The Morgan fingerprint density at radius 2 is 1.73 bits per heavy atom. The van der Waals surface area contributed by atoms with Crippen molar-refractivity contribution in [1.29, 1.82) is 0 Å². The molecule has 2 aliphatic carbocycles. The van der Waals surface area contributed by atoms with Crippen molar-refractivity contribution >= 4 is 0 Å². The van der Waals surface area contributed by atoms with Crippen molar-refractivity contribution in [2.24, 2.45) is 17.6 Å². The minimum absolute atomic E-state index is 0.224. The molecule has 0 radical (unpaired) electrons. The molecule has 2 saturated carbocycles. The lowest BCUT2D eigenvalue weighted by Crippen LogP contribution is -2.24. The monoisotopic (exact) mass is 153 g/mol. The molecule has 0 bridgehead atoms. The quantitative estimate of drug-likeness (QED) is 0.614. The van der Waals surface area contributed by atoms with Crippen molar-refractivity contribution in [1.82, 2.24) is 0 Å². The number of hydrogen-bond acceptors (Lipinski definition) is 1. The van der Waals surface area contributed by atoms with Crippen LogP contribution in [0.2, 0.25) is 0 Å². The third-order valence-electron chi connectivity index (χ3n) is 3.57. The van der Waals surface area contributed by atoms with Gasteiger partial charge in [0, 0.05) is 5.54 Å². The molecule has 1 heteroatoms. The molecule has 0 aliphatic heterocycles. The van der Waals surface area contributed by atoms with E-state index in [1.54, 1.807) is 0 Å².